The number of piperidine rings is 1. The zero-order valence-electron chi connectivity index (χ0n) is 16.7. The van der Waals surface area contributed by atoms with Crippen LogP contribution in [0.5, 0.6) is 0 Å². The van der Waals surface area contributed by atoms with Crippen LogP contribution in [0.2, 0.25) is 0 Å². The fourth-order valence-electron chi connectivity index (χ4n) is 4.37. The number of amides is 1. The van der Waals surface area contributed by atoms with Gasteiger partial charge in [0.15, 0.2) is 0 Å². The van der Waals surface area contributed by atoms with Crippen molar-refractivity contribution in [2.24, 2.45) is 5.92 Å². The fourth-order valence-corrected chi connectivity index (χ4v) is 4.37. The van der Waals surface area contributed by atoms with Crippen LogP contribution in [0.1, 0.15) is 42.7 Å². The molecule has 29 heavy (non-hydrogen) atoms. The number of nitrogens with zero attached hydrogens (tertiary/aromatic N) is 2. The van der Waals surface area contributed by atoms with Crippen LogP contribution in [0, 0.1) is 5.92 Å². The van der Waals surface area contributed by atoms with Gasteiger partial charge in [-0.15, -0.1) is 0 Å². The second-order valence-electron chi connectivity index (χ2n) is 8.45. The number of aromatic nitrogens is 2. The lowest BCUT2D eigenvalue weighted by Gasteiger charge is -2.31. The number of H-pyrrole nitrogens is 1. The predicted molar refractivity (Wildman–Crippen MR) is 116 cm³/mol. The molecule has 2 aromatic heterocycles. The molecule has 0 radical (unpaired) electrons. The summed E-state index contributed by atoms with van der Waals surface area (Å²) in [6.45, 7) is 3.38. The highest BCUT2D eigenvalue weighted by Crippen LogP contribution is 2.34. The van der Waals surface area contributed by atoms with E-state index in [1.54, 1.807) is 0 Å². The highest BCUT2D eigenvalue weighted by atomic mass is 16.2. The largest absolute Gasteiger partial charge is 0.360 e. The van der Waals surface area contributed by atoms with Crippen LogP contribution in [0.4, 0.5) is 5.82 Å². The Bertz CT molecular complexity index is 985. The number of hydrogen-bond acceptors (Lipinski definition) is 3. The Morgan fingerprint density at radius 1 is 1.07 bits per heavy atom. The quantitative estimate of drug-likeness (QED) is 0.661. The summed E-state index contributed by atoms with van der Waals surface area (Å²) in [4.78, 5) is 22.8. The third kappa shape index (κ3) is 4.20. The number of carbonyl (C=O) groups is 1. The number of fused-ring (bicyclic) bond motifs is 1. The molecule has 0 bridgehead atoms. The Morgan fingerprint density at radius 3 is 2.62 bits per heavy atom. The Balaban J connectivity index is 1.22. The Hall–Kier alpha value is -2.66. The first-order valence-corrected chi connectivity index (χ1v) is 10.8. The minimum absolute atomic E-state index is 0.112. The molecule has 2 aliphatic rings. The fraction of sp³-hybridized carbons (Fsp3) is 0.417. The molecule has 1 aromatic carbocycles. The van der Waals surface area contributed by atoms with Gasteiger partial charge in [0.05, 0.1) is 11.0 Å². The van der Waals surface area contributed by atoms with Crippen molar-refractivity contribution in [3.63, 3.8) is 0 Å². The number of anilines is 1. The second-order valence-corrected chi connectivity index (χ2v) is 8.45. The summed E-state index contributed by atoms with van der Waals surface area (Å²) in [6, 6.07) is 14.7. The molecule has 0 atom stereocenters. The molecule has 1 aliphatic heterocycles. The van der Waals surface area contributed by atoms with Crippen molar-refractivity contribution in [2.45, 2.75) is 38.0 Å². The Labute approximate surface area is 171 Å². The maximum absolute atomic E-state index is 12.1. The molecule has 1 saturated carbocycles. The average Bonchev–Trinajstić information content (AvgIpc) is 3.54. The third-order valence-corrected chi connectivity index (χ3v) is 6.34. The van der Waals surface area contributed by atoms with Crippen molar-refractivity contribution < 1.29 is 4.79 Å². The highest BCUT2D eigenvalue weighted by Gasteiger charge is 2.30. The van der Waals surface area contributed by atoms with Crippen molar-refractivity contribution >= 4 is 22.8 Å². The normalized spacial score (nSPS) is 18.2. The van der Waals surface area contributed by atoms with E-state index in [2.05, 4.69) is 51.7 Å². The van der Waals surface area contributed by atoms with E-state index in [0.717, 1.165) is 62.8 Å². The predicted octanol–water partition coefficient (Wildman–Crippen LogP) is 4.33. The zero-order valence-corrected chi connectivity index (χ0v) is 16.7. The number of nitrogens with one attached hydrogen (secondary N) is 2. The van der Waals surface area contributed by atoms with Crippen molar-refractivity contribution in [1.29, 1.82) is 0 Å². The minimum Gasteiger partial charge on any atom is -0.360 e. The monoisotopic (exact) mass is 388 g/mol. The van der Waals surface area contributed by atoms with E-state index in [-0.39, 0.29) is 11.8 Å². The van der Waals surface area contributed by atoms with E-state index >= 15 is 0 Å². The molecule has 0 unspecified atom stereocenters. The lowest BCUT2D eigenvalue weighted by atomic mass is 9.90. The van der Waals surface area contributed by atoms with Crippen molar-refractivity contribution in [1.82, 2.24) is 14.9 Å². The van der Waals surface area contributed by atoms with E-state index in [1.165, 1.54) is 11.1 Å². The molecular formula is C24H28N4O. The van der Waals surface area contributed by atoms with Crippen LogP contribution in [0.25, 0.3) is 11.0 Å². The maximum atomic E-state index is 12.1. The highest BCUT2D eigenvalue weighted by molar-refractivity contribution is 5.94. The first-order chi connectivity index (χ1) is 14.3. The zero-order chi connectivity index (χ0) is 19.6. The first-order valence-electron chi connectivity index (χ1n) is 10.8. The molecular weight excluding hydrogens is 360 g/mol. The summed E-state index contributed by atoms with van der Waals surface area (Å²) in [6.07, 6.45) is 7.56. The van der Waals surface area contributed by atoms with Gasteiger partial charge in [-0.25, -0.2) is 4.98 Å². The van der Waals surface area contributed by atoms with E-state index in [4.69, 9.17) is 4.98 Å². The standard InChI is InChI=1S/C24H28N4O/c29-24(19-6-7-19)27-22-9-8-21-23(26-22)20(16-25-21)18-11-14-28(15-12-18)13-10-17-4-2-1-3-5-17/h1-5,8-9,16,18-19,25H,6-7,10-15H2,(H,26,27,29). The summed E-state index contributed by atoms with van der Waals surface area (Å²) < 4.78 is 0. The van der Waals surface area contributed by atoms with E-state index in [1.807, 2.05) is 12.1 Å². The van der Waals surface area contributed by atoms with Crippen LogP contribution >= 0.6 is 0 Å². The minimum atomic E-state index is 0.112. The van der Waals surface area contributed by atoms with E-state index in [0.29, 0.717) is 11.7 Å². The van der Waals surface area contributed by atoms with Gasteiger partial charge in [-0.05, 0) is 74.4 Å². The van der Waals surface area contributed by atoms with Crippen LogP contribution in [0.15, 0.2) is 48.7 Å². The molecule has 1 aliphatic carbocycles. The van der Waals surface area contributed by atoms with Gasteiger partial charge in [0.2, 0.25) is 5.91 Å². The number of carbonyl (C=O) groups excluding carboxylic acids is 1. The van der Waals surface area contributed by atoms with Gasteiger partial charge in [0.1, 0.15) is 5.82 Å². The van der Waals surface area contributed by atoms with Crippen molar-refractivity contribution in [3.8, 4) is 0 Å². The number of benzene rings is 1. The van der Waals surface area contributed by atoms with Gasteiger partial charge in [-0.1, -0.05) is 30.3 Å². The van der Waals surface area contributed by atoms with Crippen LogP contribution in [-0.2, 0) is 11.2 Å². The molecule has 2 fully saturated rings. The summed E-state index contributed by atoms with van der Waals surface area (Å²) in [5, 5.41) is 2.98. The molecule has 3 heterocycles. The molecule has 150 valence electrons. The van der Waals surface area contributed by atoms with Crippen molar-refractivity contribution in [2.75, 3.05) is 25.0 Å². The summed E-state index contributed by atoms with van der Waals surface area (Å²) in [5.74, 6) is 1.51. The SMILES string of the molecule is O=C(Nc1ccc2[nH]cc(C3CCN(CCc4ccccc4)CC3)c2n1)C1CC1. The summed E-state index contributed by atoms with van der Waals surface area (Å²) >= 11 is 0. The van der Waals surface area contributed by atoms with Gasteiger partial charge >= 0.3 is 0 Å². The molecule has 2 N–H and O–H groups in total. The molecule has 0 spiro atoms. The Kier molecular flexibility index (Phi) is 5.06. The molecule has 1 amide bonds. The molecule has 3 aromatic rings. The molecule has 5 rings (SSSR count). The van der Waals surface area contributed by atoms with E-state index in [9.17, 15) is 4.79 Å². The summed E-state index contributed by atoms with van der Waals surface area (Å²) in [7, 11) is 0. The Morgan fingerprint density at radius 2 is 1.86 bits per heavy atom. The lowest BCUT2D eigenvalue weighted by Crippen LogP contribution is -2.34. The first kappa shape index (κ1) is 18.4. The van der Waals surface area contributed by atoms with Gasteiger partial charge in [0.25, 0.3) is 0 Å². The van der Waals surface area contributed by atoms with Crippen LogP contribution in [0.3, 0.4) is 0 Å². The second kappa shape index (κ2) is 7.99. The molecule has 5 nitrogen and oxygen atoms in total. The third-order valence-electron chi connectivity index (χ3n) is 6.34. The topological polar surface area (TPSA) is 61.0 Å². The number of aromatic amines is 1. The molecule has 5 heteroatoms. The van der Waals surface area contributed by atoms with Gasteiger partial charge in [-0.2, -0.15) is 0 Å². The molecule has 1 saturated heterocycles. The van der Waals surface area contributed by atoms with Gasteiger partial charge < -0.3 is 15.2 Å². The van der Waals surface area contributed by atoms with Crippen molar-refractivity contribution in [3.05, 3.63) is 59.8 Å². The number of hydrogen-bond donors (Lipinski definition) is 2. The van der Waals surface area contributed by atoms with Crippen LogP contribution in [-0.4, -0.2) is 40.4 Å². The van der Waals surface area contributed by atoms with Gasteiger partial charge in [-0.3, -0.25) is 4.79 Å². The average molecular weight is 389 g/mol. The smallest absolute Gasteiger partial charge is 0.228 e. The lowest BCUT2D eigenvalue weighted by molar-refractivity contribution is -0.117. The van der Waals surface area contributed by atoms with Crippen LogP contribution < -0.4 is 5.32 Å². The van der Waals surface area contributed by atoms with E-state index < -0.39 is 0 Å². The number of rotatable bonds is 6. The number of pyridine rings is 1. The maximum Gasteiger partial charge on any atom is 0.228 e. The van der Waals surface area contributed by atoms with Gasteiger partial charge in [0, 0.05) is 18.7 Å². The summed E-state index contributed by atoms with van der Waals surface area (Å²) in [5.41, 5.74) is 4.78. The number of likely N-dealkylation sites (tertiary alicyclic amines) is 1.